The third-order valence-electron chi connectivity index (χ3n) is 3.85. The van der Waals surface area contributed by atoms with Gasteiger partial charge in [-0.3, -0.25) is 4.79 Å². The lowest BCUT2D eigenvalue weighted by atomic mass is 10.1. The number of hydrogen-bond donors (Lipinski definition) is 2. The first-order chi connectivity index (χ1) is 12.2. The van der Waals surface area contributed by atoms with Crippen LogP contribution in [0.15, 0.2) is 48.8 Å². The molecular formula is C17H15N7O. The standard InChI is InChI=1S/C17H15N7O/c1-11-10-24-8-4-6-13(16(24)18-11)17(25)19-14-7-3-2-5-12(14)9-15-20-22-23-21-15/h2-8,10H,9H2,1H3,(H,19,25)(H,20,21,22,23). The minimum absolute atomic E-state index is 0.211. The number of nitrogens with zero attached hydrogens (tertiary/aromatic N) is 5. The lowest BCUT2D eigenvalue weighted by Crippen LogP contribution is -2.15. The van der Waals surface area contributed by atoms with Crippen molar-refractivity contribution in [1.82, 2.24) is 30.0 Å². The van der Waals surface area contributed by atoms with Crippen molar-refractivity contribution in [2.75, 3.05) is 5.32 Å². The van der Waals surface area contributed by atoms with Crippen molar-refractivity contribution in [3.8, 4) is 0 Å². The van der Waals surface area contributed by atoms with Crippen molar-refractivity contribution in [1.29, 1.82) is 0 Å². The van der Waals surface area contributed by atoms with Crippen LogP contribution in [-0.2, 0) is 6.42 Å². The molecule has 8 heteroatoms. The van der Waals surface area contributed by atoms with Crippen molar-refractivity contribution in [3.63, 3.8) is 0 Å². The van der Waals surface area contributed by atoms with Crippen LogP contribution >= 0.6 is 0 Å². The van der Waals surface area contributed by atoms with Crippen LogP contribution in [0.5, 0.6) is 0 Å². The van der Waals surface area contributed by atoms with Gasteiger partial charge in [0.15, 0.2) is 5.82 Å². The third kappa shape index (κ3) is 2.97. The van der Waals surface area contributed by atoms with Crippen LogP contribution in [0.2, 0.25) is 0 Å². The number of aromatic amines is 1. The van der Waals surface area contributed by atoms with Gasteiger partial charge in [-0.15, -0.1) is 10.2 Å². The maximum absolute atomic E-state index is 12.8. The fourth-order valence-electron chi connectivity index (χ4n) is 2.73. The molecule has 0 atom stereocenters. The zero-order chi connectivity index (χ0) is 17.2. The van der Waals surface area contributed by atoms with E-state index in [0.717, 1.165) is 11.3 Å². The van der Waals surface area contributed by atoms with Gasteiger partial charge in [-0.1, -0.05) is 23.4 Å². The number of imidazole rings is 1. The Balaban J connectivity index is 1.64. The fourth-order valence-corrected chi connectivity index (χ4v) is 2.73. The van der Waals surface area contributed by atoms with E-state index >= 15 is 0 Å². The molecule has 0 aliphatic rings. The van der Waals surface area contributed by atoms with Gasteiger partial charge in [0.1, 0.15) is 5.65 Å². The molecule has 0 saturated carbocycles. The monoisotopic (exact) mass is 333 g/mol. The van der Waals surface area contributed by atoms with E-state index in [4.69, 9.17) is 0 Å². The Morgan fingerprint density at radius 3 is 2.96 bits per heavy atom. The minimum atomic E-state index is -0.211. The highest BCUT2D eigenvalue weighted by molar-refractivity contribution is 6.08. The summed E-state index contributed by atoms with van der Waals surface area (Å²) < 4.78 is 1.84. The van der Waals surface area contributed by atoms with Crippen molar-refractivity contribution in [3.05, 3.63) is 71.4 Å². The first kappa shape index (κ1) is 15.0. The minimum Gasteiger partial charge on any atom is -0.322 e. The summed E-state index contributed by atoms with van der Waals surface area (Å²) in [4.78, 5) is 17.2. The smallest absolute Gasteiger partial charge is 0.259 e. The first-order valence-electron chi connectivity index (χ1n) is 7.76. The van der Waals surface area contributed by atoms with Gasteiger partial charge in [0.05, 0.1) is 11.3 Å². The molecule has 0 aliphatic heterocycles. The molecule has 0 fully saturated rings. The highest BCUT2D eigenvalue weighted by Gasteiger charge is 2.14. The largest absolute Gasteiger partial charge is 0.322 e. The number of amides is 1. The molecule has 0 bridgehead atoms. The van der Waals surface area contributed by atoms with Gasteiger partial charge in [-0.25, -0.2) is 4.98 Å². The van der Waals surface area contributed by atoms with E-state index in [-0.39, 0.29) is 5.91 Å². The summed E-state index contributed by atoms with van der Waals surface area (Å²) in [7, 11) is 0. The normalized spacial score (nSPS) is 10.9. The molecule has 4 rings (SSSR count). The number of carbonyl (C=O) groups is 1. The number of pyridine rings is 1. The van der Waals surface area contributed by atoms with Gasteiger partial charge in [0.25, 0.3) is 5.91 Å². The summed E-state index contributed by atoms with van der Waals surface area (Å²) in [5, 5.41) is 16.9. The van der Waals surface area contributed by atoms with Crippen LogP contribution in [-0.4, -0.2) is 35.9 Å². The number of aromatic nitrogens is 6. The Kier molecular flexibility index (Phi) is 3.70. The number of benzene rings is 1. The van der Waals surface area contributed by atoms with Gasteiger partial charge in [0.2, 0.25) is 0 Å². The maximum atomic E-state index is 12.8. The Bertz CT molecular complexity index is 1040. The van der Waals surface area contributed by atoms with Crippen LogP contribution < -0.4 is 5.32 Å². The second kappa shape index (κ2) is 6.16. The molecule has 0 aliphatic carbocycles. The Morgan fingerprint density at radius 2 is 2.12 bits per heavy atom. The molecule has 4 aromatic rings. The van der Waals surface area contributed by atoms with E-state index in [1.807, 2.05) is 54.0 Å². The Morgan fingerprint density at radius 1 is 1.24 bits per heavy atom. The average Bonchev–Trinajstić information content (AvgIpc) is 3.24. The van der Waals surface area contributed by atoms with Crippen LogP contribution in [0.25, 0.3) is 5.65 Å². The van der Waals surface area contributed by atoms with Gasteiger partial charge >= 0.3 is 0 Å². The molecule has 0 unspecified atom stereocenters. The quantitative estimate of drug-likeness (QED) is 0.595. The van der Waals surface area contributed by atoms with Gasteiger partial charge in [0, 0.05) is 24.5 Å². The molecule has 1 aromatic carbocycles. The van der Waals surface area contributed by atoms with Crippen molar-refractivity contribution >= 4 is 17.2 Å². The molecule has 0 spiro atoms. The van der Waals surface area contributed by atoms with E-state index < -0.39 is 0 Å². The maximum Gasteiger partial charge on any atom is 0.259 e. The van der Waals surface area contributed by atoms with Crippen molar-refractivity contribution in [2.24, 2.45) is 0 Å². The summed E-state index contributed by atoms with van der Waals surface area (Å²) in [5.41, 5.74) is 3.63. The molecule has 3 heterocycles. The first-order valence-corrected chi connectivity index (χ1v) is 7.76. The summed E-state index contributed by atoms with van der Waals surface area (Å²) in [6.45, 7) is 1.90. The molecule has 2 N–H and O–H groups in total. The number of aryl methyl sites for hydroxylation is 1. The molecule has 3 aromatic heterocycles. The zero-order valence-electron chi connectivity index (χ0n) is 13.5. The van der Waals surface area contributed by atoms with Gasteiger partial charge in [-0.05, 0) is 30.7 Å². The molecule has 1 amide bonds. The van der Waals surface area contributed by atoms with E-state index in [1.54, 1.807) is 6.07 Å². The molecule has 0 saturated heterocycles. The third-order valence-corrected chi connectivity index (χ3v) is 3.85. The Labute approximate surface area is 142 Å². The predicted molar refractivity (Wildman–Crippen MR) is 91.3 cm³/mol. The number of fused-ring (bicyclic) bond motifs is 1. The number of carbonyl (C=O) groups excluding carboxylic acids is 1. The number of para-hydroxylation sites is 1. The highest BCUT2D eigenvalue weighted by atomic mass is 16.1. The van der Waals surface area contributed by atoms with Gasteiger partial charge in [-0.2, -0.15) is 5.21 Å². The number of H-pyrrole nitrogens is 1. The van der Waals surface area contributed by atoms with Crippen LogP contribution in [0.4, 0.5) is 5.69 Å². The average molecular weight is 333 g/mol. The van der Waals surface area contributed by atoms with E-state index in [2.05, 4.69) is 30.9 Å². The topological polar surface area (TPSA) is 101 Å². The van der Waals surface area contributed by atoms with Crippen molar-refractivity contribution < 1.29 is 4.79 Å². The lowest BCUT2D eigenvalue weighted by Gasteiger charge is -2.10. The summed E-state index contributed by atoms with van der Waals surface area (Å²) in [6.07, 6.45) is 4.23. The molecule has 8 nitrogen and oxygen atoms in total. The number of tetrazole rings is 1. The number of rotatable bonds is 4. The van der Waals surface area contributed by atoms with Gasteiger partial charge < -0.3 is 9.72 Å². The van der Waals surface area contributed by atoms with Crippen LogP contribution in [0.1, 0.15) is 27.4 Å². The zero-order valence-corrected chi connectivity index (χ0v) is 13.5. The van der Waals surface area contributed by atoms with E-state index in [1.165, 1.54) is 0 Å². The predicted octanol–water partition coefficient (Wildman–Crippen LogP) is 2.00. The summed E-state index contributed by atoms with van der Waals surface area (Å²) >= 11 is 0. The highest BCUT2D eigenvalue weighted by Crippen LogP contribution is 2.19. The summed E-state index contributed by atoms with van der Waals surface area (Å²) in [5.74, 6) is 0.351. The number of hydrogen-bond acceptors (Lipinski definition) is 5. The van der Waals surface area contributed by atoms with Crippen LogP contribution in [0.3, 0.4) is 0 Å². The van der Waals surface area contributed by atoms with Crippen LogP contribution in [0, 0.1) is 6.92 Å². The Hall–Kier alpha value is -3.55. The summed E-state index contributed by atoms with van der Waals surface area (Å²) in [6, 6.07) is 11.1. The fraction of sp³-hybridized carbons (Fsp3) is 0.118. The second-order valence-electron chi connectivity index (χ2n) is 5.65. The molecule has 25 heavy (non-hydrogen) atoms. The number of anilines is 1. The lowest BCUT2D eigenvalue weighted by molar-refractivity contribution is 0.102. The second-order valence-corrected chi connectivity index (χ2v) is 5.65. The van der Waals surface area contributed by atoms with E-state index in [0.29, 0.717) is 29.1 Å². The van der Waals surface area contributed by atoms with E-state index in [9.17, 15) is 4.79 Å². The molecular weight excluding hydrogens is 318 g/mol. The molecule has 0 radical (unpaired) electrons. The number of nitrogens with one attached hydrogen (secondary N) is 2. The SMILES string of the molecule is Cc1cn2cccc(C(=O)Nc3ccccc3Cc3nn[nH]n3)c2n1. The van der Waals surface area contributed by atoms with Crippen molar-refractivity contribution in [2.45, 2.75) is 13.3 Å². The molecule has 124 valence electrons.